The summed E-state index contributed by atoms with van der Waals surface area (Å²) in [4.78, 5) is 20.2. The highest BCUT2D eigenvalue weighted by atomic mass is 16.2. The zero-order valence-corrected chi connectivity index (χ0v) is 14.8. The minimum Gasteiger partial charge on any atom is -0.267 e. The molecule has 0 saturated heterocycles. The van der Waals surface area contributed by atoms with E-state index in [4.69, 9.17) is 0 Å². The molecule has 0 aliphatic rings. The maximum atomic E-state index is 12.1. The van der Waals surface area contributed by atoms with E-state index in [0.29, 0.717) is 5.56 Å². The van der Waals surface area contributed by atoms with Crippen molar-refractivity contribution in [3.63, 3.8) is 0 Å². The molecule has 0 radical (unpaired) electrons. The first-order valence-corrected chi connectivity index (χ1v) is 8.60. The third-order valence-corrected chi connectivity index (χ3v) is 4.01. The molecule has 4 rings (SSSR count). The monoisotopic (exact) mass is 368 g/mol. The van der Waals surface area contributed by atoms with Crippen LogP contribution in [0.4, 0.5) is 0 Å². The van der Waals surface area contributed by atoms with Gasteiger partial charge in [-0.3, -0.25) is 14.8 Å². The number of rotatable bonds is 5. The van der Waals surface area contributed by atoms with Gasteiger partial charge in [-0.05, 0) is 36.4 Å². The number of nitrogens with zero attached hydrogens (tertiary/aromatic N) is 5. The zero-order valence-electron chi connectivity index (χ0n) is 14.8. The molecule has 0 aliphatic carbocycles. The quantitative estimate of drug-likeness (QED) is 0.433. The van der Waals surface area contributed by atoms with E-state index >= 15 is 0 Å². The highest BCUT2D eigenvalue weighted by Crippen LogP contribution is 2.21. The number of amides is 1. The Bertz CT molecular complexity index is 1090. The summed E-state index contributed by atoms with van der Waals surface area (Å²) in [7, 11) is 0. The molecule has 3 aromatic heterocycles. The fourth-order valence-corrected chi connectivity index (χ4v) is 2.65. The third kappa shape index (κ3) is 3.83. The molecule has 1 aromatic carbocycles. The van der Waals surface area contributed by atoms with E-state index < -0.39 is 0 Å². The van der Waals surface area contributed by atoms with Crippen molar-refractivity contribution in [2.24, 2.45) is 5.10 Å². The van der Waals surface area contributed by atoms with E-state index in [1.165, 1.54) is 0 Å². The van der Waals surface area contributed by atoms with Crippen LogP contribution in [0.15, 0.2) is 90.7 Å². The number of carbonyl (C=O) groups excluding carboxylic acids is 1. The van der Waals surface area contributed by atoms with Crippen LogP contribution in [0.25, 0.3) is 16.9 Å². The predicted octanol–water partition coefficient (Wildman–Crippen LogP) is 3.09. The molecule has 0 atom stereocenters. The van der Waals surface area contributed by atoms with Crippen molar-refractivity contribution in [1.82, 2.24) is 25.2 Å². The minimum atomic E-state index is -0.308. The maximum Gasteiger partial charge on any atom is 0.271 e. The molecule has 0 fully saturated rings. The van der Waals surface area contributed by atoms with Crippen LogP contribution >= 0.6 is 0 Å². The van der Waals surface area contributed by atoms with Crippen molar-refractivity contribution in [2.75, 3.05) is 0 Å². The summed E-state index contributed by atoms with van der Waals surface area (Å²) in [5, 5.41) is 8.76. The van der Waals surface area contributed by atoms with Crippen LogP contribution in [0, 0.1) is 0 Å². The van der Waals surface area contributed by atoms with Crippen LogP contribution in [0.5, 0.6) is 0 Å². The Morgan fingerprint density at radius 3 is 2.54 bits per heavy atom. The summed E-state index contributed by atoms with van der Waals surface area (Å²) >= 11 is 0. The van der Waals surface area contributed by atoms with Crippen molar-refractivity contribution in [3.05, 3.63) is 96.7 Å². The molecular formula is C21H16N6O. The normalized spacial score (nSPS) is 10.9. The second kappa shape index (κ2) is 8.05. The van der Waals surface area contributed by atoms with Gasteiger partial charge in [-0.2, -0.15) is 10.2 Å². The van der Waals surface area contributed by atoms with Crippen LogP contribution in [0.1, 0.15) is 15.9 Å². The molecule has 28 heavy (non-hydrogen) atoms. The number of carbonyl (C=O) groups is 1. The molecule has 0 bridgehead atoms. The summed E-state index contributed by atoms with van der Waals surface area (Å²) in [6.07, 6.45) is 10.0. The number of aromatic nitrogens is 4. The first kappa shape index (κ1) is 17.3. The molecule has 0 aliphatic heterocycles. The molecule has 7 heteroatoms. The van der Waals surface area contributed by atoms with Gasteiger partial charge in [0.05, 0.1) is 11.9 Å². The average molecular weight is 368 g/mol. The van der Waals surface area contributed by atoms with Crippen molar-refractivity contribution in [1.29, 1.82) is 0 Å². The number of benzene rings is 1. The smallest absolute Gasteiger partial charge is 0.267 e. The van der Waals surface area contributed by atoms with Gasteiger partial charge < -0.3 is 0 Å². The standard InChI is InChI=1S/C21H16N6O/c28-21(16-8-11-22-12-9-16)25-24-14-18-15-27(19-6-2-1-3-7-19)26-20(18)17-5-4-10-23-13-17/h1-15H,(H,25,28). The first-order valence-electron chi connectivity index (χ1n) is 8.60. The van der Waals surface area contributed by atoms with Crippen LogP contribution in [-0.2, 0) is 0 Å². The van der Waals surface area contributed by atoms with Gasteiger partial charge in [-0.25, -0.2) is 10.1 Å². The van der Waals surface area contributed by atoms with E-state index in [-0.39, 0.29) is 5.91 Å². The van der Waals surface area contributed by atoms with E-state index in [1.54, 1.807) is 47.8 Å². The first-order chi connectivity index (χ1) is 13.8. The summed E-state index contributed by atoms with van der Waals surface area (Å²) in [5.74, 6) is -0.308. The van der Waals surface area contributed by atoms with Crippen LogP contribution in [-0.4, -0.2) is 31.9 Å². The number of hydrogen-bond acceptors (Lipinski definition) is 5. The van der Waals surface area contributed by atoms with E-state index in [0.717, 1.165) is 22.5 Å². The molecule has 1 amide bonds. The lowest BCUT2D eigenvalue weighted by Gasteiger charge is -2.00. The predicted molar refractivity (Wildman–Crippen MR) is 106 cm³/mol. The number of nitrogens with one attached hydrogen (secondary N) is 1. The third-order valence-electron chi connectivity index (χ3n) is 4.01. The maximum absolute atomic E-state index is 12.1. The topological polar surface area (TPSA) is 85.1 Å². The summed E-state index contributed by atoms with van der Waals surface area (Å²) in [6, 6.07) is 16.8. The second-order valence-electron chi connectivity index (χ2n) is 5.89. The van der Waals surface area contributed by atoms with Crippen LogP contribution < -0.4 is 5.43 Å². The molecule has 7 nitrogen and oxygen atoms in total. The van der Waals surface area contributed by atoms with Gasteiger partial charge in [0.15, 0.2) is 0 Å². The lowest BCUT2D eigenvalue weighted by molar-refractivity contribution is 0.0955. The van der Waals surface area contributed by atoms with Gasteiger partial charge in [-0.15, -0.1) is 0 Å². The lowest BCUT2D eigenvalue weighted by Crippen LogP contribution is -2.17. The van der Waals surface area contributed by atoms with Crippen molar-refractivity contribution in [2.45, 2.75) is 0 Å². The van der Waals surface area contributed by atoms with Crippen molar-refractivity contribution in [3.8, 4) is 16.9 Å². The molecular weight excluding hydrogens is 352 g/mol. The Kier molecular flexibility index (Phi) is 4.97. The molecule has 3 heterocycles. The van der Waals surface area contributed by atoms with Gasteiger partial charge in [0.25, 0.3) is 5.91 Å². The number of hydrogen-bond donors (Lipinski definition) is 1. The van der Waals surface area contributed by atoms with Gasteiger partial charge in [-0.1, -0.05) is 18.2 Å². The Morgan fingerprint density at radius 1 is 0.964 bits per heavy atom. The molecule has 1 N–H and O–H groups in total. The van der Waals surface area contributed by atoms with Gasteiger partial charge >= 0.3 is 0 Å². The molecule has 136 valence electrons. The summed E-state index contributed by atoms with van der Waals surface area (Å²) in [6.45, 7) is 0. The minimum absolute atomic E-state index is 0.308. The largest absolute Gasteiger partial charge is 0.271 e. The molecule has 4 aromatic rings. The van der Waals surface area contributed by atoms with Crippen LogP contribution in [0.2, 0.25) is 0 Å². The Morgan fingerprint density at radius 2 is 1.79 bits per heavy atom. The highest BCUT2D eigenvalue weighted by molar-refractivity contribution is 5.95. The van der Waals surface area contributed by atoms with E-state index in [2.05, 4.69) is 25.6 Å². The zero-order chi connectivity index (χ0) is 19.2. The molecule has 0 spiro atoms. The highest BCUT2D eigenvalue weighted by Gasteiger charge is 2.11. The van der Waals surface area contributed by atoms with E-state index in [1.807, 2.05) is 48.7 Å². The van der Waals surface area contributed by atoms with Gasteiger partial charge in [0.2, 0.25) is 0 Å². The lowest BCUT2D eigenvalue weighted by atomic mass is 10.1. The Labute approximate surface area is 161 Å². The average Bonchev–Trinajstić information content (AvgIpc) is 3.20. The van der Waals surface area contributed by atoms with Gasteiger partial charge in [0, 0.05) is 47.7 Å². The Balaban J connectivity index is 1.63. The SMILES string of the molecule is O=C(NN=Cc1cn(-c2ccccc2)nc1-c1cccnc1)c1ccncc1. The van der Waals surface area contributed by atoms with Crippen LogP contribution in [0.3, 0.4) is 0 Å². The number of para-hydroxylation sites is 1. The number of hydrazone groups is 1. The molecule has 0 saturated carbocycles. The number of pyridine rings is 2. The van der Waals surface area contributed by atoms with Crippen molar-refractivity contribution < 1.29 is 4.79 Å². The van der Waals surface area contributed by atoms with E-state index in [9.17, 15) is 4.79 Å². The van der Waals surface area contributed by atoms with Gasteiger partial charge in [0.1, 0.15) is 5.69 Å². The fourth-order valence-electron chi connectivity index (χ4n) is 2.65. The summed E-state index contributed by atoms with van der Waals surface area (Å²) < 4.78 is 1.77. The Hall–Kier alpha value is -4.13. The molecule has 0 unspecified atom stereocenters. The van der Waals surface area contributed by atoms with Crippen molar-refractivity contribution >= 4 is 12.1 Å². The second-order valence-corrected chi connectivity index (χ2v) is 5.89. The summed E-state index contributed by atoms with van der Waals surface area (Å²) in [5.41, 5.74) is 6.27. The fraction of sp³-hybridized carbons (Fsp3) is 0.